The van der Waals surface area contributed by atoms with Gasteiger partial charge in [0.25, 0.3) is 0 Å². The van der Waals surface area contributed by atoms with Gasteiger partial charge in [-0.1, -0.05) is 30.3 Å². The average Bonchev–Trinajstić information content (AvgIpc) is 2.55. The molecule has 0 heterocycles. The standard InChI is InChI=1S/C16H17O4P.Li.H/c1-18-12-9-10-13(19-2)15(14(12)20-3)21-16(17)11-7-5-4-6-8-11;;/h4-10,21H,1-3H3;;. The molecule has 0 aromatic heterocycles. The van der Waals surface area contributed by atoms with Crippen molar-refractivity contribution in [1.82, 2.24) is 0 Å². The van der Waals surface area contributed by atoms with E-state index < -0.39 is 0 Å². The Hall–Kier alpha value is -1.46. The van der Waals surface area contributed by atoms with Crippen molar-refractivity contribution in [2.24, 2.45) is 0 Å². The van der Waals surface area contributed by atoms with E-state index in [9.17, 15) is 4.79 Å². The molecule has 2 rings (SSSR count). The summed E-state index contributed by atoms with van der Waals surface area (Å²) in [6.07, 6.45) is 0. The second kappa shape index (κ2) is 8.85. The number of benzene rings is 2. The van der Waals surface area contributed by atoms with Crippen LogP contribution in [-0.2, 0) is 0 Å². The molecule has 2 aromatic carbocycles. The van der Waals surface area contributed by atoms with Crippen LogP contribution in [0.15, 0.2) is 42.5 Å². The van der Waals surface area contributed by atoms with Crippen LogP contribution in [0.4, 0.5) is 0 Å². The van der Waals surface area contributed by atoms with Gasteiger partial charge < -0.3 is 14.2 Å². The summed E-state index contributed by atoms with van der Waals surface area (Å²) in [4.78, 5) is 12.4. The first-order valence-corrected chi connectivity index (χ1v) is 7.36. The number of hydrogen-bond acceptors (Lipinski definition) is 4. The summed E-state index contributed by atoms with van der Waals surface area (Å²) in [5.74, 6) is 1.75. The van der Waals surface area contributed by atoms with Gasteiger partial charge in [-0.3, -0.25) is 4.79 Å². The Kier molecular flexibility index (Phi) is 7.48. The molecule has 6 heteroatoms. The summed E-state index contributed by atoms with van der Waals surface area (Å²) in [6, 6.07) is 12.7. The molecule has 0 aliphatic carbocycles. The van der Waals surface area contributed by atoms with E-state index in [1.165, 1.54) is 0 Å². The number of ether oxygens (including phenoxy) is 3. The SMILES string of the molecule is COc1ccc(OC)c(PC(=O)c2ccccc2)c1OC.[LiH]. The van der Waals surface area contributed by atoms with Crippen LogP contribution in [0.2, 0.25) is 0 Å². The van der Waals surface area contributed by atoms with Crippen molar-refractivity contribution in [3.05, 3.63) is 48.0 Å². The van der Waals surface area contributed by atoms with E-state index in [1.54, 1.807) is 45.6 Å². The predicted molar refractivity (Wildman–Crippen MR) is 92.0 cm³/mol. The van der Waals surface area contributed by atoms with E-state index in [-0.39, 0.29) is 33.0 Å². The van der Waals surface area contributed by atoms with Crippen molar-refractivity contribution in [3.8, 4) is 17.2 Å². The number of rotatable bonds is 6. The van der Waals surface area contributed by atoms with E-state index in [1.807, 2.05) is 18.2 Å². The average molecular weight is 312 g/mol. The van der Waals surface area contributed by atoms with Gasteiger partial charge in [-0.2, -0.15) is 0 Å². The summed E-state index contributed by atoms with van der Waals surface area (Å²) in [5.41, 5.74) is 0.697. The van der Waals surface area contributed by atoms with Crippen molar-refractivity contribution in [3.63, 3.8) is 0 Å². The van der Waals surface area contributed by atoms with Crippen LogP contribution in [0.3, 0.4) is 0 Å². The molecular formula is C16H18LiO4P. The van der Waals surface area contributed by atoms with Gasteiger partial charge in [-0.25, -0.2) is 0 Å². The second-order valence-corrected chi connectivity index (χ2v) is 5.40. The first-order valence-electron chi connectivity index (χ1n) is 6.36. The molecule has 0 spiro atoms. The molecule has 2 aromatic rings. The van der Waals surface area contributed by atoms with Crippen molar-refractivity contribution in [2.45, 2.75) is 0 Å². The Balaban J connectivity index is 0.00000242. The predicted octanol–water partition coefficient (Wildman–Crippen LogP) is 2.21. The molecular weight excluding hydrogens is 294 g/mol. The zero-order valence-electron chi connectivity index (χ0n) is 12.2. The van der Waals surface area contributed by atoms with Crippen molar-refractivity contribution < 1.29 is 19.0 Å². The van der Waals surface area contributed by atoms with Crippen molar-refractivity contribution >= 4 is 38.3 Å². The number of hydrogen-bond donors (Lipinski definition) is 0. The molecule has 1 unspecified atom stereocenters. The Labute approximate surface area is 144 Å². The summed E-state index contributed by atoms with van der Waals surface area (Å²) in [5, 5.41) is 0.716. The molecule has 0 bridgehead atoms. The molecule has 0 aliphatic rings. The zero-order valence-corrected chi connectivity index (χ0v) is 13.2. The fourth-order valence-corrected chi connectivity index (χ4v) is 3.16. The monoisotopic (exact) mass is 312 g/mol. The molecule has 1 atom stereocenters. The molecule has 4 nitrogen and oxygen atoms in total. The van der Waals surface area contributed by atoms with Crippen LogP contribution in [0.1, 0.15) is 10.4 Å². The first kappa shape index (κ1) is 18.6. The number of carbonyl (C=O) groups excluding carboxylic acids is 1. The normalized spacial score (nSPS) is 10.1. The Bertz CT molecular complexity index is 632. The number of carbonyl (C=O) groups is 1. The van der Waals surface area contributed by atoms with Crippen molar-refractivity contribution in [1.29, 1.82) is 0 Å². The summed E-state index contributed by atoms with van der Waals surface area (Å²) < 4.78 is 16.0. The van der Waals surface area contributed by atoms with E-state index in [4.69, 9.17) is 14.2 Å². The van der Waals surface area contributed by atoms with Crippen LogP contribution in [0.25, 0.3) is 0 Å². The molecule has 0 N–H and O–H groups in total. The summed E-state index contributed by atoms with van der Waals surface area (Å²) >= 11 is 0. The topological polar surface area (TPSA) is 44.8 Å². The first-order chi connectivity index (χ1) is 10.2. The minimum atomic E-state index is -0.102. The van der Waals surface area contributed by atoms with Crippen LogP contribution in [0.5, 0.6) is 17.2 Å². The minimum absolute atomic E-state index is 0. The van der Waals surface area contributed by atoms with Crippen molar-refractivity contribution in [2.75, 3.05) is 21.3 Å². The fraction of sp³-hybridized carbons (Fsp3) is 0.188. The summed E-state index contributed by atoms with van der Waals surface area (Å²) in [6.45, 7) is 0. The fourth-order valence-electron chi connectivity index (χ4n) is 1.97. The zero-order chi connectivity index (χ0) is 15.2. The van der Waals surface area contributed by atoms with Crippen LogP contribution in [-0.4, -0.2) is 45.7 Å². The van der Waals surface area contributed by atoms with Gasteiger partial charge in [-0.05, 0) is 20.7 Å². The van der Waals surface area contributed by atoms with Gasteiger partial charge in [0.1, 0.15) is 5.75 Å². The van der Waals surface area contributed by atoms with E-state index in [0.29, 0.717) is 28.1 Å². The Morgan fingerprint density at radius 2 is 1.45 bits per heavy atom. The number of methoxy groups -OCH3 is 3. The molecule has 0 fully saturated rings. The Morgan fingerprint density at radius 1 is 0.864 bits per heavy atom. The van der Waals surface area contributed by atoms with Gasteiger partial charge in [0.15, 0.2) is 17.0 Å². The van der Waals surface area contributed by atoms with Crippen LogP contribution in [0, 0.1) is 0 Å². The third kappa shape index (κ3) is 4.05. The van der Waals surface area contributed by atoms with Gasteiger partial charge in [0.05, 0.1) is 26.6 Å². The van der Waals surface area contributed by atoms with Crippen LogP contribution >= 0.6 is 8.58 Å². The van der Waals surface area contributed by atoms with E-state index >= 15 is 0 Å². The molecule has 112 valence electrons. The summed E-state index contributed by atoms with van der Waals surface area (Å²) in [7, 11) is 4.59. The molecule has 0 radical (unpaired) electrons. The quantitative estimate of drug-likeness (QED) is 0.606. The van der Waals surface area contributed by atoms with Gasteiger partial charge >= 0.3 is 18.9 Å². The molecule has 0 saturated heterocycles. The third-order valence-electron chi connectivity index (χ3n) is 3.00. The van der Waals surface area contributed by atoms with Gasteiger partial charge in [-0.15, -0.1) is 0 Å². The maximum absolute atomic E-state index is 12.4. The molecule has 0 aliphatic heterocycles. The van der Waals surface area contributed by atoms with Gasteiger partial charge in [0, 0.05) is 5.56 Å². The molecule has 22 heavy (non-hydrogen) atoms. The van der Waals surface area contributed by atoms with E-state index in [2.05, 4.69) is 0 Å². The third-order valence-corrected chi connectivity index (χ3v) is 4.24. The van der Waals surface area contributed by atoms with Gasteiger partial charge in [0.2, 0.25) is 0 Å². The maximum atomic E-state index is 12.4. The van der Waals surface area contributed by atoms with Crippen LogP contribution < -0.4 is 19.5 Å². The molecule has 0 amide bonds. The Morgan fingerprint density at radius 3 is 2.00 bits per heavy atom. The second-order valence-electron chi connectivity index (χ2n) is 4.20. The molecule has 0 saturated carbocycles. The van der Waals surface area contributed by atoms with E-state index in [0.717, 1.165) is 0 Å².